The summed E-state index contributed by atoms with van der Waals surface area (Å²) in [6.07, 6.45) is 11.6. The summed E-state index contributed by atoms with van der Waals surface area (Å²) in [5, 5.41) is 0. The Bertz CT molecular complexity index is 342. The number of nitrogens with two attached hydrogens (primary N) is 1. The summed E-state index contributed by atoms with van der Waals surface area (Å²) in [5.74, 6) is 2.06. The zero-order valence-corrected chi connectivity index (χ0v) is 12.9. The average molecular weight is 277 g/mol. The molecule has 2 unspecified atom stereocenters. The third-order valence-electron chi connectivity index (χ3n) is 6.58. The van der Waals surface area contributed by atoms with Crippen molar-refractivity contribution in [2.45, 2.75) is 62.9 Å². The van der Waals surface area contributed by atoms with Gasteiger partial charge in [-0.2, -0.15) is 0 Å². The second kappa shape index (κ2) is 5.26. The first-order chi connectivity index (χ1) is 9.81. The number of hydrogen-bond donors (Lipinski definition) is 1. The maximum atomic E-state index is 6.30. The molecule has 4 aliphatic rings. The number of rotatable bonds is 4. The predicted octanol–water partition coefficient (Wildman–Crippen LogP) is 2.06. The van der Waals surface area contributed by atoms with Crippen LogP contribution in [0.5, 0.6) is 0 Å². The fourth-order valence-electron chi connectivity index (χ4n) is 4.96. The monoisotopic (exact) mass is 277 g/mol. The van der Waals surface area contributed by atoms with Crippen LogP contribution in [0.3, 0.4) is 0 Å². The molecule has 3 saturated carbocycles. The van der Waals surface area contributed by atoms with Crippen molar-refractivity contribution in [2.75, 3.05) is 32.7 Å². The van der Waals surface area contributed by atoms with E-state index in [-0.39, 0.29) is 0 Å². The van der Waals surface area contributed by atoms with E-state index in [1.54, 1.807) is 0 Å². The highest BCUT2D eigenvalue weighted by Gasteiger charge is 2.45. The van der Waals surface area contributed by atoms with Gasteiger partial charge in [-0.25, -0.2) is 0 Å². The molecule has 1 saturated heterocycles. The molecule has 0 spiro atoms. The van der Waals surface area contributed by atoms with Crippen molar-refractivity contribution < 1.29 is 0 Å². The molecule has 4 rings (SSSR count). The van der Waals surface area contributed by atoms with Crippen LogP contribution in [0.4, 0.5) is 0 Å². The van der Waals surface area contributed by atoms with E-state index in [1.807, 2.05) is 0 Å². The summed E-state index contributed by atoms with van der Waals surface area (Å²) in [6, 6.07) is 0.941. The molecule has 3 heteroatoms. The van der Waals surface area contributed by atoms with E-state index in [1.165, 1.54) is 77.5 Å². The molecule has 2 atom stereocenters. The van der Waals surface area contributed by atoms with Crippen molar-refractivity contribution in [1.82, 2.24) is 9.80 Å². The second-order valence-corrected chi connectivity index (χ2v) is 7.88. The largest absolute Gasteiger partial charge is 0.329 e. The van der Waals surface area contributed by atoms with E-state index < -0.39 is 0 Å². The Labute approximate surface area is 123 Å². The zero-order valence-electron chi connectivity index (χ0n) is 12.9. The molecule has 114 valence electrons. The minimum Gasteiger partial charge on any atom is -0.329 e. The number of piperazine rings is 1. The molecule has 0 amide bonds. The van der Waals surface area contributed by atoms with Crippen molar-refractivity contribution in [1.29, 1.82) is 0 Å². The number of nitrogens with zero attached hydrogens (tertiary/aromatic N) is 2. The van der Waals surface area contributed by atoms with Gasteiger partial charge in [0.1, 0.15) is 0 Å². The number of hydrogen-bond acceptors (Lipinski definition) is 3. The summed E-state index contributed by atoms with van der Waals surface area (Å²) in [6.45, 7) is 6.01. The molecule has 0 aromatic rings. The van der Waals surface area contributed by atoms with Crippen molar-refractivity contribution in [3.8, 4) is 0 Å². The Balaban J connectivity index is 1.40. The molecule has 0 radical (unpaired) electrons. The minimum atomic E-state index is 0.362. The van der Waals surface area contributed by atoms with Crippen LogP contribution in [-0.4, -0.2) is 54.1 Å². The quantitative estimate of drug-likeness (QED) is 0.854. The summed E-state index contributed by atoms with van der Waals surface area (Å²) in [5.41, 5.74) is 6.67. The lowest BCUT2D eigenvalue weighted by atomic mass is 9.72. The Hall–Kier alpha value is -0.120. The first-order valence-electron chi connectivity index (χ1n) is 9.00. The van der Waals surface area contributed by atoms with E-state index in [4.69, 9.17) is 5.73 Å². The molecule has 20 heavy (non-hydrogen) atoms. The maximum Gasteiger partial charge on any atom is 0.0335 e. The standard InChI is InChI=1S/C17H31N3/c18-13-17(7-1-2-15(12-17)14-3-4-14)20-10-8-19(9-11-20)16-5-6-16/h14-16H,1-13,18H2. The molecule has 1 heterocycles. The van der Waals surface area contributed by atoms with E-state index in [0.717, 1.165) is 24.4 Å². The fourth-order valence-corrected chi connectivity index (χ4v) is 4.96. The van der Waals surface area contributed by atoms with Crippen molar-refractivity contribution >= 4 is 0 Å². The van der Waals surface area contributed by atoms with Crippen molar-refractivity contribution in [2.24, 2.45) is 17.6 Å². The van der Waals surface area contributed by atoms with Gasteiger partial charge in [-0.1, -0.05) is 12.8 Å². The summed E-state index contributed by atoms with van der Waals surface area (Å²) in [4.78, 5) is 5.52. The lowest BCUT2D eigenvalue weighted by Gasteiger charge is -2.51. The van der Waals surface area contributed by atoms with Crippen LogP contribution < -0.4 is 5.73 Å². The van der Waals surface area contributed by atoms with Crippen LogP contribution in [0.2, 0.25) is 0 Å². The van der Waals surface area contributed by atoms with Gasteiger partial charge < -0.3 is 5.73 Å². The Morgan fingerprint density at radius 2 is 1.65 bits per heavy atom. The SMILES string of the molecule is NCC1(N2CCN(C3CC3)CC2)CCCC(C2CC2)C1. The molecule has 1 aliphatic heterocycles. The van der Waals surface area contributed by atoms with Gasteiger partial charge in [-0.3, -0.25) is 9.80 Å². The van der Waals surface area contributed by atoms with Crippen LogP contribution in [0, 0.1) is 11.8 Å². The molecule has 0 aromatic heterocycles. The van der Waals surface area contributed by atoms with Crippen LogP contribution >= 0.6 is 0 Å². The molecule has 0 aromatic carbocycles. The van der Waals surface area contributed by atoms with Gasteiger partial charge in [0.25, 0.3) is 0 Å². The van der Waals surface area contributed by atoms with Gasteiger partial charge >= 0.3 is 0 Å². The first-order valence-corrected chi connectivity index (χ1v) is 9.00. The fraction of sp³-hybridized carbons (Fsp3) is 1.00. The predicted molar refractivity (Wildman–Crippen MR) is 82.6 cm³/mol. The Morgan fingerprint density at radius 3 is 2.25 bits per heavy atom. The Morgan fingerprint density at radius 1 is 0.900 bits per heavy atom. The van der Waals surface area contributed by atoms with Gasteiger partial charge in [-0.15, -0.1) is 0 Å². The second-order valence-electron chi connectivity index (χ2n) is 7.88. The first kappa shape index (κ1) is 13.5. The normalized spacial score (nSPS) is 41.0. The van der Waals surface area contributed by atoms with Crippen LogP contribution in [0.25, 0.3) is 0 Å². The molecule has 2 N–H and O–H groups in total. The molecular formula is C17H31N3. The van der Waals surface area contributed by atoms with Gasteiger partial charge in [0.05, 0.1) is 0 Å². The lowest BCUT2D eigenvalue weighted by molar-refractivity contribution is -0.00597. The van der Waals surface area contributed by atoms with Gasteiger partial charge in [0.2, 0.25) is 0 Å². The van der Waals surface area contributed by atoms with Gasteiger partial charge in [-0.05, 0) is 50.4 Å². The van der Waals surface area contributed by atoms with Gasteiger partial charge in [0, 0.05) is 44.3 Å². The van der Waals surface area contributed by atoms with Crippen molar-refractivity contribution in [3.63, 3.8) is 0 Å². The summed E-state index contributed by atoms with van der Waals surface area (Å²) in [7, 11) is 0. The lowest BCUT2D eigenvalue weighted by Crippen LogP contribution is -2.62. The minimum absolute atomic E-state index is 0.362. The topological polar surface area (TPSA) is 32.5 Å². The Kier molecular flexibility index (Phi) is 3.56. The van der Waals surface area contributed by atoms with Crippen LogP contribution in [-0.2, 0) is 0 Å². The van der Waals surface area contributed by atoms with E-state index >= 15 is 0 Å². The molecule has 4 fully saturated rings. The van der Waals surface area contributed by atoms with Crippen LogP contribution in [0.15, 0.2) is 0 Å². The molecule has 0 bridgehead atoms. The summed E-state index contributed by atoms with van der Waals surface area (Å²) >= 11 is 0. The highest BCUT2D eigenvalue weighted by Crippen LogP contribution is 2.48. The highest BCUT2D eigenvalue weighted by molar-refractivity contribution is 5.01. The zero-order chi connectivity index (χ0) is 13.6. The van der Waals surface area contributed by atoms with Crippen molar-refractivity contribution in [3.05, 3.63) is 0 Å². The smallest absolute Gasteiger partial charge is 0.0335 e. The summed E-state index contributed by atoms with van der Waals surface area (Å²) < 4.78 is 0. The highest BCUT2D eigenvalue weighted by atomic mass is 15.3. The third kappa shape index (κ3) is 2.53. The molecule has 3 aliphatic carbocycles. The average Bonchev–Trinajstić information content (AvgIpc) is 3.40. The molecular weight excluding hydrogens is 246 g/mol. The van der Waals surface area contributed by atoms with Crippen LogP contribution in [0.1, 0.15) is 51.4 Å². The van der Waals surface area contributed by atoms with Gasteiger partial charge in [0.15, 0.2) is 0 Å². The van der Waals surface area contributed by atoms with E-state index in [0.29, 0.717) is 5.54 Å². The van der Waals surface area contributed by atoms with E-state index in [9.17, 15) is 0 Å². The third-order valence-corrected chi connectivity index (χ3v) is 6.58. The maximum absolute atomic E-state index is 6.30. The van der Waals surface area contributed by atoms with E-state index in [2.05, 4.69) is 9.80 Å². The molecule has 3 nitrogen and oxygen atoms in total.